The number of dihydropyridines is 1. The molecule has 0 radical (unpaired) electrons. The molecule has 1 aliphatic rings. The van der Waals surface area contributed by atoms with Gasteiger partial charge in [-0.3, -0.25) is 14.9 Å². The molecule has 1 amide bonds. The topological polar surface area (TPSA) is 75.0 Å². The van der Waals surface area contributed by atoms with Gasteiger partial charge >= 0.3 is 12.3 Å². The molecule has 124 valence electrons. The van der Waals surface area contributed by atoms with Crippen molar-refractivity contribution in [2.75, 3.05) is 13.7 Å². The first-order valence-electron chi connectivity index (χ1n) is 6.53. The van der Waals surface area contributed by atoms with Gasteiger partial charge in [0.15, 0.2) is 6.23 Å². The highest BCUT2D eigenvalue weighted by Crippen LogP contribution is 2.39. The quantitative estimate of drug-likeness (QED) is 0.920. The van der Waals surface area contributed by atoms with E-state index in [9.17, 15) is 23.1 Å². The lowest BCUT2D eigenvalue weighted by Gasteiger charge is -2.44. The maximum Gasteiger partial charge on any atom is 0.408 e. The number of allylic oxidation sites excluding steroid dienone is 1. The third-order valence-corrected chi connectivity index (χ3v) is 3.42. The number of halogens is 3. The highest BCUT2D eigenvalue weighted by atomic mass is 19.4. The predicted octanol–water partition coefficient (Wildman–Crippen LogP) is 2.43. The molecule has 0 bridgehead atoms. The van der Waals surface area contributed by atoms with Crippen molar-refractivity contribution >= 4 is 12.3 Å². The second-order valence-electron chi connectivity index (χ2n) is 4.79. The van der Waals surface area contributed by atoms with Gasteiger partial charge in [-0.05, 0) is 29.8 Å². The minimum absolute atomic E-state index is 0.277. The van der Waals surface area contributed by atoms with Crippen molar-refractivity contribution in [3.05, 3.63) is 42.2 Å². The van der Waals surface area contributed by atoms with Gasteiger partial charge < -0.3 is 9.84 Å². The Labute approximate surface area is 129 Å². The van der Waals surface area contributed by atoms with Gasteiger partial charge in [-0.2, -0.15) is 13.2 Å². The molecule has 23 heavy (non-hydrogen) atoms. The Balaban J connectivity index is 2.63. The van der Waals surface area contributed by atoms with E-state index in [1.165, 1.54) is 50.0 Å². The molecule has 0 fully saturated rings. The van der Waals surface area contributed by atoms with Crippen LogP contribution in [-0.4, -0.2) is 53.4 Å². The van der Waals surface area contributed by atoms with Crippen LogP contribution in [0, 0.1) is 0 Å². The van der Waals surface area contributed by atoms with E-state index in [1.54, 1.807) is 0 Å². The van der Waals surface area contributed by atoms with Crippen LogP contribution in [0.15, 0.2) is 41.7 Å². The van der Waals surface area contributed by atoms with E-state index in [1.807, 2.05) is 0 Å². The number of rotatable bonds is 4. The van der Waals surface area contributed by atoms with Crippen LogP contribution in [0.4, 0.5) is 18.0 Å². The Hall–Kier alpha value is -2.42. The van der Waals surface area contributed by atoms with Gasteiger partial charge in [0, 0.05) is 25.7 Å². The number of carbonyl (C=O) groups is 1. The van der Waals surface area contributed by atoms with Crippen LogP contribution in [0.3, 0.4) is 0 Å². The molecular weight excluding hydrogens is 315 g/mol. The molecule has 1 N–H and O–H groups in total. The average molecular weight is 329 g/mol. The van der Waals surface area contributed by atoms with Gasteiger partial charge in [-0.25, -0.2) is 4.79 Å². The molecule has 2 atom stereocenters. The molecule has 0 saturated heterocycles. The van der Waals surface area contributed by atoms with Crippen molar-refractivity contribution in [2.45, 2.75) is 17.9 Å². The van der Waals surface area contributed by atoms with Gasteiger partial charge in [0.1, 0.15) is 12.1 Å². The van der Waals surface area contributed by atoms with E-state index in [-0.39, 0.29) is 10.5 Å². The SMILES string of the molecule is COC1N=CC=CC1(c1ccncc1)N(CC(F)(F)F)C(=O)O. The summed E-state index contributed by atoms with van der Waals surface area (Å²) in [6, 6.07) is 2.87. The average Bonchev–Trinajstić information content (AvgIpc) is 2.52. The summed E-state index contributed by atoms with van der Waals surface area (Å²) in [7, 11) is 1.25. The number of aromatic nitrogens is 1. The molecule has 1 aliphatic heterocycles. The first-order valence-corrected chi connectivity index (χ1v) is 6.53. The maximum atomic E-state index is 12.9. The molecule has 2 heterocycles. The Morgan fingerprint density at radius 1 is 1.43 bits per heavy atom. The smallest absolute Gasteiger partial charge is 0.408 e. The van der Waals surface area contributed by atoms with E-state index < -0.39 is 30.6 Å². The zero-order chi connectivity index (χ0) is 17.1. The van der Waals surface area contributed by atoms with Crippen LogP contribution in [0.2, 0.25) is 0 Å². The Morgan fingerprint density at radius 3 is 2.61 bits per heavy atom. The number of alkyl halides is 3. The van der Waals surface area contributed by atoms with Gasteiger partial charge in [0.2, 0.25) is 0 Å². The largest absolute Gasteiger partial charge is 0.465 e. The third kappa shape index (κ3) is 3.34. The van der Waals surface area contributed by atoms with Gasteiger partial charge in [0.25, 0.3) is 0 Å². The highest BCUT2D eigenvalue weighted by Gasteiger charge is 2.51. The minimum Gasteiger partial charge on any atom is -0.465 e. The van der Waals surface area contributed by atoms with Gasteiger partial charge in [0.05, 0.1) is 0 Å². The molecule has 0 spiro atoms. The number of amides is 1. The lowest BCUT2D eigenvalue weighted by Crippen LogP contribution is -2.58. The van der Waals surface area contributed by atoms with Crippen LogP contribution in [0.25, 0.3) is 0 Å². The normalized spacial score (nSPS) is 23.7. The molecule has 2 rings (SSSR count). The van der Waals surface area contributed by atoms with Gasteiger partial charge in [-0.1, -0.05) is 0 Å². The molecule has 0 aromatic carbocycles. The fraction of sp³-hybridized carbons (Fsp3) is 0.357. The van der Waals surface area contributed by atoms with E-state index >= 15 is 0 Å². The first-order chi connectivity index (χ1) is 10.8. The Kier molecular flexibility index (Phi) is 4.69. The summed E-state index contributed by atoms with van der Waals surface area (Å²) < 4.78 is 43.9. The number of aliphatic imine (C=N–C) groups is 1. The summed E-state index contributed by atoms with van der Waals surface area (Å²) >= 11 is 0. The number of hydrogen-bond donors (Lipinski definition) is 1. The molecular formula is C14H14F3N3O3. The monoisotopic (exact) mass is 329 g/mol. The number of hydrogen-bond acceptors (Lipinski definition) is 4. The molecule has 0 aliphatic carbocycles. The molecule has 9 heteroatoms. The summed E-state index contributed by atoms with van der Waals surface area (Å²) in [6.07, 6.45) is -0.803. The van der Waals surface area contributed by atoms with Crippen molar-refractivity contribution < 1.29 is 27.8 Å². The Bertz CT molecular complexity index is 619. The minimum atomic E-state index is -4.72. The zero-order valence-corrected chi connectivity index (χ0v) is 12.1. The zero-order valence-electron chi connectivity index (χ0n) is 12.1. The number of nitrogens with zero attached hydrogens (tertiary/aromatic N) is 3. The number of pyridine rings is 1. The predicted molar refractivity (Wildman–Crippen MR) is 75.1 cm³/mol. The van der Waals surface area contributed by atoms with Gasteiger partial charge in [-0.15, -0.1) is 0 Å². The number of methoxy groups -OCH3 is 1. The van der Waals surface area contributed by atoms with Crippen LogP contribution in [-0.2, 0) is 10.3 Å². The standard InChI is InChI=1S/C14H14F3N3O3/c1-23-11-13(5-2-6-19-11,10-3-7-18-8-4-10)20(12(21)22)9-14(15,16)17/h2-8,11H,9H2,1H3,(H,21,22). The summed E-state index contributed by atoms with van der Waals surface area (Å²) in [5, 5.41) is 9.40. The lowest BCUT2D eigenvalue weighted by atomic mass is 9.85. The molecule has 6 nitrogen and oxygen atoms in total. The highest BCUT2D eigenvalue weighted by molar-refractivity contribution is 5.75. The second-order valence-corrected chi connectivity index (χ2v) is 4.79. The van der Waals surface area contributed by atoms with E-state index in [2.05, 4.69) is 9.98 Å². The van der Waals surface area contributed by atoms with E-state index in [4.69, 9.17) is 4.74 Å². The van der Waals surface area contributed by atoms with Crippen LogP contribution >= 0.6 is 0 Å². The third-order valence-electron chi connectivity index (χ3n) is 3.42. The summed E-state index contributed by atoms with van der Waals surface area (Å²) in [5.41, 5.74) is -1.47. The van der Waals surface area contributed by atoms with Crippen molar-refractivity contribution in [1.82, 2.24) is 9.88 Å². The summed E-state index contributed by atoms with van der Waals surface area (Å²) in [6.45, 7) is -1.66. The van der Waals surface area contributed by atoms with Crippen molar-refractivity contribution in [3.8, 4) is 0 Å². The van der Waals surface area contributed by atoms with E-state index in [0.717, 1.165) is 0 Å². The number of ether oxygens (including phenoxy) is 1. The van der Waals surface area contributed by atoms with Crippen LogP contribution in [0.1, 0.15) is 5.56 Å². The molecule has 0 saturated carbocycles. The first kappa shape index (κ1) is 16.9. The van der Waals surface area contributed by atoms with E-state index in [0.29, 0.717) is 0 Å². The maximum absolute atomic E-state index is 12.9. The fourth-order valence-electron chi connectivity index (χ4n) is 2.53. The lowest BCUT2D eigenvalue weighted by molar-refractivity contribution is -0.159. The molecule has 1 aromatic rings. The summed E-state index contributed by atoms with van der Waals surface area (Å²) in [4.78, 5) is 19.7. The van der Waals surface area contributed by atoms with Crippen molar-refractivity contribution in [3.63, 3.8) is 0 Å². The second kappa shape index (κ2) is 6.37. The molecule has 1 aromatic heterocycles. The summed E-state index contributed by atoms with van der Waals surface area (Å²) in [5.74, 6) is 0. The Morgan fingerprint density at radius 2 is 2.09 bits per heavy atom. The fourth-order valence-corrected chi connectivity index (χ4v) is 2.53. The number of carboxylic acid groups (broad SMARTS) is 1. The van der Waals surface area contributed by atoms with Crippen molar-refractivity contribution in [1.29, 1.82) is 0 Å². The molecule has 2 unspecified atom stereocenters. The van der Waals surface area contributed by atoms with Crippen LogP contribution in [0.5, 0.6) is 0 Å². The van der Waals surface area contributed by atoms with Crippen LogP contribution < -0.4 is 0 Å². The van der Waals surface area contributed by atoms with Crippen molar-refractivity contribution in [2.24, 2.45) is 4.99 Å².